The zero-order valence-electron chi connectivity index (χ0n) is 15.1. The fraction of sp³-hybridized carbons (Fsp3) is 0.235. The second-order valence-electron chi connectivity index (χ2n) is 5.58. The molecule has 2 heterocycles. The minimum atomic E-state index is -0.700. The van der Waals surface area contributed by atoms with Crippen molar-refractivity contribution in [2.45, 2.75) is 20.8 Å². The number of ether oxygens (including phenoxy) is 1. The van der Waals surface area contributed by atoms with E-state index in [-0.39, 0.29) is 6.08 Å². The normalized spacial score (nSPS) is 12.5. The van der Waals surface area contributed by atoms with Gasteiger partial charge in [0.05, 0.1) is 29.2 Å². The summed E-state index contributed by atoms with van der Waals surface area (Å²) in [6.45, 7) is 5.59. The van der Waals surface area contributed by atoms with Gasteiger partial charge in [-0.15, -0.1) is 11.3 Å². The highest BCUT2D eigenvalue weighted by atomic mass is 35.5. The van der Waals surface area contributed by atoms with Crippen LogP contribution in [-0.4, -0.2) is 33.3 Å². The number of benzene rings is 1. The highest BCUT2D eigenvalue weighted by molar-refractivity contribution is 7.11. The second-order valence-corrected chi connectivity index (χ2v) is 6.85. The second kappa shape index (κ2) is 7.85. The summed E-state index contributed by atoms with van der Waals surface area (Å²) >= 11 is 7.73. The van der Waals surface area contributed by atoms with E-state index >= 15 is 0 Å². The van der Waals surface area contributed by atoms with E-state index in [9.17, 15) is 4.79 Å². The summed E-state index contributed by atoms with van der Waals surface area (Å²) < 4.78 is 10.7. The summed E-state index contributed by atoms with van der Waals surface area (Å²) in [6, 6.07) is 5.12. The Morgan fingerprint density at radius 3 is 2.67 bits per heavy atom. The van der Waals surface area contributed by atoms with Crippen molar-refractivity contribution in [1.82, 2.24) is 14.8 Å². The van der Waals surface area contributed by atoms with E-state index in [2.05, 4.69) is 20.3 Å². The van der Waals surface area contributed by atoms with Crippen LogP contribution in [0.15, 0.2) is 43.0 Å². The molecule has 3 aromatic rings. The molecule has 0 radical (unpaired) electrons. The zero-order chi connectivity index (χ0) is 19.6. The highest BCUT2D eigenvalue weighted by Gasteiger charge is 2.14. The van der Waals surface area contributed by atoms with Crippen LogP contribution in [0.4, 0.5) is 0 Å². The van der Waals surface area contributed by atoms with Crippen LogP contribution in [0.2, 0.25) is 5.02 Å². The number of nitrogens with zero attached hydrogens (tertiary/aromatic N) is 5. The van der Waals surface area contributed by atoms with E-state index in [0.717, 1.165) is 26.7 Å². The molecule has 140 valence electrons. The van der Waals surface area contributed by atoms with Gasteiger partial charge in [0.2, 0.25) is 0 Å². The van der Waals surface area contributed by atoms with Crippen molar-refractivity contribution in [3.8, 4) is 11.8 Å². The van der Waals surface area contributed by atoms with Crippen molar-refractivity contribution in [2.24, 2.45) is 10.2 Å². The van der Waals surface area contributed by atoms with E-state index in [0.29, 0.717) is 16.4 Å². The van der Waals surface area contributed by atoms with Crippen LogP contribution >= 0.6 is 22.9 Å². The number of aryl methyl sites for hydroxylation is 1. The minimum Gasteiger partial charge on any atom is -0.452 e. The van der Waals surface area contributed by atoms with Crippen molar-refractivity contribution in [1.29, 1.82) is 0 Å². The molecule has 0 spiro atoms. The van der Waals surface area contributed by atoms with Gasteiger partial charge in [0, 0.05) is 11.1 Å². The Hall–Kier alpha value is -2.78. The third-order valence-electron chi connectivity index (χ3n) is 3.57. The standard InChI is InChI=1S/C17H16ClN5O3S/c1-9-8-27-15(19-9)11(3)21-20-10(2)12-5-6-13(18)14(7-12)23-17(24)26-16(22-23)25-4/h5-8H,1-4H3/b20-10+,21-11+. The predicted octanol–water partition coefficient (Wildman–Crippen LogP) is 3.49. The van der Waals surface area contributed by atoms with Crippen LogP contribution in [0.5, 0.6) is 6.08 Å². The van der Waals surface area contributed by atoms with Crippen LogP contribution in [-0.2, 0) is 0 Å². The molecule has 10 heteroatoms. The molecule has 0 saturated carbocycles. The van der Waals surface area contributed by atoms with Crippen LogP contribution in [0.25, 0.3) is 5.69 Å². The summed E-state index contributed by atoms with van der Waals surface area (Å²) in [6.07, 6.45) is -0.147. The molecule has 0 bridgehead atoms. The SMILES string of the molecule is COc1nn(-c2cc(/C(C)=N/N=C(\C)c3nc(C)cs3)ccc2Cl)c(=O)o1. The average Bonchev–Trinajstić information content (AvgIpc) is 3.25. The van der Waals surface area contributed by atoms with E-state index in [1.54, 1.807) is 18.2 Å². The van der Waals surface area contributed by atoms with Gasteiger partial charge < -0.3 is 9.15 Å². The molecule has 0 unspecified atom stereocenters. The number of rotatable bonds is 5. The first kappa shape index (κ1) is 19.0. The van der Waals surface area contributed by atoms with E-state index in [4.69, 9.17) is 20.8 Å². The lowest BCUT2D eigenvalue weighted by Crippen LogP contribution is -2.14. The fourth-order valence-electron chi connectivity index (χ4n) is 2.17. The first-order valence-corrected chi connectivity index (χ1v) is 9.10. The Kier molecular flexibility index (Phi) is 5.52. The summed E-state index contributed by atoms with van der Waals surface area (Å²) in [5.41, 5.74) is 3.40. The van der Waals surface area contributed by atoms with Crippen molar-refractivity contribution >= 4 is 34.4 Å². The van der Waals surface area contributed by atoms with Gasteiger partial charge in [-0.2, -0.15) is 14.9 Å². The quantitative estimate of drug-likeness (QED) is 0.478. The van der Waals surface area contributed by atoms with Crippen molar-refractivity contribution in [2.75, 3.05) is 7.11 Å². The maximum Gasteiger partial charge on any atom is 0.444 e. The van der Waals surface area contributed by atoms with Crippen LogP contribution in [0.3, 0.4) is 0 Å². The average molecular weight is 406 g/mol. The molecule has 0 saturated heterocycles. The third kappa shape index (κ3) is 4.15. The first-order valence-electron chi connectivity index (χ1n) is 7.85. The molecule has 0 fully saturated rings. The zero-order valence-corrected chi connectivity index (χ0v) is 16.6. The fourth-order valence-corrected chi connectivity index (χ4v) is 3.11. The van der Waals surface area contributed by atoms with E-state index in [1.807, 2.05) is 26.2 Å². The van der Waals surface area contributed by atoms with Crippen LogP contribution in [0, 0.1) is 6.92 Å². The number of thiazole rings is 1. The third-order valence-corrected chi connectivity index (χ3v) is 4.96. The van der Waals surface area contributed by atoms with Gasteiger partial charge in [0.15, 0.2) is 0 Å². The summed E-state index contributed by atoms with van der Waals surface area (Å²) in [7, 11) is 1.36. The highest BCUT2D eigenvalue weighted by Crippen LogP contribution is 2.22. The van der Waals surface area contributed by atoms with Crippen molar-refractivity contribution < 1.29 is 9.15 Å². The number of aromatic nitrogens is 3. The molecular formula is C17H16ClN5O3S. The lowest BCUT2D eigenvalue weighted by Gasteiger charge is -2.05. The Morgan fingerprint density at radius 1 is 1.30 bits per heavy atom. The molecule has 2 aromatic heterocycles. The molecular weight excluding hydrogens is 390 g/mol. The molecule has 27 heavy (non-hydrogen) atoms. The predicted molar refractivity (Wildman–Crippen MR) is 105 cm³/mol. The van der Waals surface area contributed by atoms with Crippen LogP contribution in [0.1, 0.15) is 30.1 Å². The van der Waals surface area contributed by atoms with Gasteiger partial charge >= 0.3 is 11.8 Å². The largest absolute Gasteiger partial charge is 0.452 e. The summed E-state index contributed by atoms with van der Waals surface area (Å²) in [4.78, 5) is 16.3. The molecule has 0 N–H and O–H groups in total. The van der Waals surface area contributed by atoms with Crippen LogP contribution < -0.4 is 10.5 Å². The van der Waals surface area contributed by atoms with Gasteiger partial charge in [-0.3, -0.25) is 0 Å². The molecule has 0 aliphatic carbocycles. The van der Waals surface area contributed by atoms with E-state index < -0.39 is 5.76 Å². The molecule has 1 aromatic carbocycles. The number of methoxy groups -OCH3 is 1. The number of halogens is 1. The molecule has 0 aliphatic rings. The number of hydrogen-bond donors (Lipinski definition) is 0. The van der Waals surface area contributed by atoms with Gasteiger partial charge in [0.25, 0.3) is 0 Å². The Morgan fingerprint density at radius 2 is 2.04 bits per heavy atom. The molecule has 0 amide bonds. The maximum absolute atomic E-state index is 11.9. The maximum atomic E-state index is 11.9. The minimum absolute atomic E-state index is 0.147. The van der Waals surface area contributed by atoms with Gasteiger partial charge in [-0.25, -0.2) is 9.78 Å². The molecule has 0 aliphatic heterocycles. The van der Waals surface area contributed by atoms with Gasteiger partial charge in [0.1, 0.15) is 5.01 Å². The van der Waals surface area contributed by atoms with E-state index in [1.165, 1.54) is 18.4 Å². The Balaban J connectivity index is 1.95. The van der Waals surface area contributed by atoms with Gasteiger partial charge in [-0.05, 0) is 38.5 Å². The van der Waals surface area contributed by atoms with Gasteiger partial charge in [-0.1, -0.05) is 22.8 Å². The lowest BCUT2D eigenvalue weighted by atomic mass is 10.1. The summed E-state index contributed by atoms with van der Waals surface area (Å²) in [5, 5.41) is 15.5. The smallest absolute Gasteiger partial charge is 0.444 e. The lowest BCUT2D eigenvalue weighted by molar-refractivity contribution is 0.282. The topological polar surface area (TPSA) is 94.9 Å². The van der Waals surface area contributed by atoms with Crippen molar-refractivity contribution in [3.63, 3.8) is 0 Å². The number of hydrogen-bond acceptors (Lipinski definition) is 8. The molecule has 0 atom stereocenters. The Bertz CT molecular complexity index is 1100. The van der Waals surface area contributed by atoms with Crippen molar-refractivity contribution in [3.05, 3.63) is 55.4 Å². The summed E-state index contributed by atoms with van der Waals surface area (Å²) in [5.74, 6) is -0.700. The molecule has 3 rings (SSSR count). The molecule has 8 nitrogen and oxygen atoms in total. The monoisotopic (exact) mass is 405 g/mol. The first-order chi connectivity index (χ1) is 12.9. The Labute approximate surface area is 163 Å².